The molecule has 5 rings (SSSR count). The van der Waals surface area contributed by atoms with Gasteiger partial charge in [0, 0.05) is 48.0 Å². The highest BCUT2D eigenvalue weighted by Crippen LogP contribution is 2.33. The van der Waals surface area contributed by atoms with Gasteiger partial charge in [-0.2, -0.15) is 5.10 Å². The monoisotopic (exact) mass is 367 g/mol. The highest BCUT2D eigenvalue weighted by Gasteiger charge is 2.19. The normalized spacial score (nSPS) is 11.4. The number of fused-ring (bicyclic) bond motifs is 1. The summed E-state index contributed by atoms with van der Waals surface area (Å²) in [7, 11) is 1.96. The van der Waals surface area contributed by atoms with Crippen molar-refractivity contribution in [3.05, 3.63) is 84.6 Å². The van der Waals surface area contributed by atoms with Crippen LogP contribution < -0.4 is 0 Å². The summed E-state index contributed by atoms with van der Waals surface area (Å²) in [5, 5.41) is 5.80. The molecule has 3 heterocycles. The predicted octanol–water partition coefficient (Wildman–Crippen LogP) is 4.79. The van der Waals surface area contributed by atoms with Gasteiger partial charge >= 0.3 is 0 Å². The lowest BCUT2D eigenvalue weighted by Gasteiger charge is -2.11. The zero-order valence-corrected chi connectivity index (χ0v) is 15.9. The first-order chi connectivity index (χ1) is 13.7. The van der Waals surface area contributed by atoms with E-state index in [9.17, 15) is 0 Å². The molecule has 0 aliphatic heterocycles. The molecular formula is C23H21N5. The summed E-state index contributed by atoms with van der Waals surface area (Å²) in [6.07, 6.45) is 6.01. The second kappa shape index (κ2) is 6.53. The molecule has 3 aromatic heterocycles. The average molecular weight is 367 g/mol. The van der Waals surface area contributed by atoms with Crippen molar-refractivity contribution < 1.29 is 0 Å². The molecule has 0 fully saturated rings. The third-order valence-electron chi connectivity index (χ3n) is 5.18. The summed E-state index contributed by atoms with van der Waals surface area (Å²) in [5.41, 5.74) is 7.72. The van der Waals surface area contributed by atoms with Crippen molar-refractivity contribution in [2.45, 2.75) is 13.5 Å². The first-order valence-corrected chi connectivity index (χ1v) is 9.37. The number of H-pyrrole nitrogens is 1. The van der Waals surface area contributed by atoms with E-state index in [2.05, 4.69) is 69.4 Å². The fraction of sp³-hybridized carbons (Fsp3) is 0.130. The van der Waals surface area contributed by atoms with E-state index in [1.54, 1.807) is 0 Å². The lowest BCUT2D eigenvalue weighted by Crippen LogP contribution is -2.02. The van der Waals surface area contributed by atoms with Gasteiger partial charge in [0.25, 0.3) is 0 Å². The zero-order valence-electron chi connectivity index (χ0n) is 15.9. The van der Waals surface area contributed by atoms with Crippen molar-refractivity contribution in [2.75, 3.05) is 0 Å². The Morgan fingerprint density at radius 1 is 1.00 bits per heavy atom. The van der Waals surface area contributed by atoms with Crippen LogP contribution in [0.3, 0.4) is 0 Å². The molecule has 2 aromatic carbocycles. The molecule has 5 nitrogen and oxygen atoms in total. The number of aromatic amines is 1. The van der Waals surface area contributed by atoms with Crippen molar-refractivity contribution in [1.82, 2.24) is 24.3 Å². The SMILES string of the molecule is Cc1nn(C)cc1-c1c(-c2ccccc2)ncn1Cc1cccc2[nH]ccc12. The Bertz CT molecular complexity index is 1260. The number of hydrogen-bond donors (Lipinski definition) is 1. The van der Waals surface area contributed by atoms with Gasteiger partial charge in [-0.1, -0.05) is 42.5 Å². The molecule has 0 aliphatic carbocycles. The van der Waals surface area contributed by atoms with Gasteiger partial charge in [-0.3, -0.25) is 4.68 Å². The van der Waals surface area contributed by atoms with Crippen LogP contribution in [0.25, 0.3) is 33.4 Å². The van der Waals surface area contributed by atoms with Crippen LogP contribution in [-0.2, 0) is 13.6 Å². The minimum atomic E-state index is 0.749. The van der Waals surface area contributed by atoms with Gasteiger partial charge in [0.1, 0.15) is 0 Å². The fourth-order valence-electron chi connectivity index (χ4n) is 3.90. The summed E-state index contributed by atoms with van der Waals surface area (Å²) in [5.74, 6) is 0. The Morgan fingerprint density at radius 2 is 1.86 bits per heavy atom. The molecule has 1 N–H and O–H groups in total. The van der Waals surface area contributed by atoms with Crippen molar-refractivity contribution in [3.63, 3.8) is 0 Å². The molecule has 5 heteroatoms. The van der Waals surface area contributed by atoms with Crippen molar-refractivity contribution in [2.24, 2.45) is 7.05 Å². The Kier molecular flexibility index (Phi) is 3.86. The van der Waals surface area contributed by atoms with E-state index in [0.717, 1.165) is 40.3 Å². The molecular weight excluding hydrogens is 346 g/mol. The van der Waals surface area contributed by atoms with Crippen molar-refractivity contribution >= 4 is 10.9 Å². The number of aryl methyl sites for hydroxylation is 2. The fourth-order valence-corrected chi connectivity index (χ4v) is 3.90. The predicted molar refractivity (Wildman–Crippen MR) is 112 cm³/mol. The molecule has 0 aliphatic rings. The number of benzene rings is 2. The maximum atomic E-state index is 4.80. The third-order valence-corrected chi connectivity index (χ3v) is 5.18. The van der Waals surface area contributed by atoms with Crippen LogP contribution in [0.15, 0.2) is 73.3 Å². The molecule has 0 saturated heterocycles. The van der Waals surface area contributed by atoms with E-state index in [-0.39, 0.29) is 0 Å². The summed E-state index contributed by atoms with van der Waals surface area (Å²) >= 11 is 0. The number of rotatable bonds is 4. The number of aromatic nitrogens is 5. The Hall–Kier alpha value is -3.60. The van der Waals surface area contributed by atoms with Crippen LogP contribution in [-0.4, -0.2) is 24.3 Å². The quantitative estimate of drug-likeness (QED) is 0.497. The van der Waals surface area contributed by atoms with E-state index in [1.807, 2.05) is 37.2 Å². The second-order valence-electron chi connectivity index (χ2n) is 7.09. The number of imidazole rings is 1. The lowest BCUT2D eigenvalue weighted by atomic mass is 10.0. The van der Waals surface area contributed by atoms with E-state index in [1.165, 1.54) is 10.9 Å². The highest BCUT2D eigenvalue weighted by molar-refractivity contribution is 5.83. The smallest absolute Gasteiger partial charge is 0.0964 e. The Morgan fingerprint density at radius 3 is 2.64 bits per heavy atom. The second-order valence-corrected chi connectivity index (χ2v) is 7.09. The van der Waals surface area contributed by atoms with Gasteiger partial charge in [-0.15, -0.1) is 0 Å². The summed E-state index contributed by atoms with van der Waals surface area (Å²) in [4.78, 5) is 8.09. The molecule has 0 radical (unpaired) electrons. The third kappa shape index (κ3) is 2.72. The molecule has 0 atom stereocenters. The molecule has 0 unspecified atom stereocenters. The van der Waals surface area contributed by atoms with E-state index < -0.39 is 0 Å². The van der Waals surface area contributed by atoms with Gasteiger partial charge in [0.2, 0.25) is 0 Å². The van der Waals surface area contributed by atoms with Crippen molar-refractivity contribution in [3.8, 4) is 22.5 Å². The van der Waals surface area contributed by atoms with Crippen LogP contribution >= 0.6 is 0 Å². The molecule has 5 aromatic rings. The average Bonchev–Trinajstić information content (AvgIpc) is 3.41. The standard InChI is InChI=1S/C23H21N5/c1-16-20(14-27(2)26-16)23-22(17-7-4-3-5-8-17)25-15-28(23)13-18-9-6-10-21-19(18)11-12-24-21/h3-12,14-15,24H,13H2,1-2H3. The summed E-state index contributed by atoms with van der Waals surface area (Å²) in [6.45, 7) is 2.80. The molecule has 0 bridgehead atoms. The highest BCUT2D eigenvalue weighted by atomic mass is 15.3. The van der Waals surface area contributed by atoms with Gasteiger partial charge in [-0.05, 0) is 24.6 Å². The maximum Gasteiger partial charge on any atom is 0.0964 e. The first kappa shape index (κ1) is 16.6. The van der Waals surface area contributed by atoms with Crippen LogP contribution in [0.4, 0.5) is 0 Å². The van der Waals surface area contributed by atoms with Gasteiger partial charge < -0.3 is 9.55 Å². The van der Waals surface area contributed by atoms with Crippen LogP contribution in [0, 0.1) is 6.92 Å². The van der Waals surface area contributed by atoms with E-state index in [4.69, 9.17) is 4.98 Å². The van der Waals surface area contributed by atoms with E-state index in [0.29, 0.717) is 0 Å². The molecule has 28 heavy (non-hydrogen) atoms. The summed E-state index contributed by atoms with van der Waals surface area (Å²) < 4.78 is 4.10. The maximum absolute atomic E-state index is 4.80. The first-order valence-electron chi connectivity index (χ1n) is 9.37. The number of nitrogens with one attached hydrogen (secondary N) is 1. The van der Waals surface area contributed by atoms with Crippen molar-refractivity contribution in [1.29, 1.82) is 0 Å². The molecule has 138 valence electrons. The van der Waals surface area contributed by atoms with Crippen LogP contribution in [0.1, 0.15) is 11.3 Å². The minimum absolute atomic E-state index is 0.749. The van der Waals surface area contributed by atoms with E-state index >= 15 is 0 Å². The van der Waals surface area contributed by atoms with Crippen LogP contribution in [0.5, 0.6) is 0 Å². The number of hydrogen-bond acceptors (Lipinski definition) is 2. The summed E-state index contributed by atoms with van der Waals surface area (Å²) in [6, 6.07) is 18.9. The Balaban J connectivity index is 1.69. The molecule has 0 saturated carbocycles. The lowest BCUT2D eigenvalue weighted by molar-refractivity contribution is 0.756. The number of nitrogens with zero attached hydrogens (tertiary/aromatic N) is 4. The zero-order chi connectivity index (χ0) is 19.1. The molecule has 0 amide bonds. The van der Waals surface area contributed by atoms with Gasteiger partial charge in [0.05, 0.1) is 23.4 Å². The Labute approximate surface area is 163 Å². The largest absolute Gasteiger partial charge is 0.361 e. The van der Waals surface area contributed by atoms with Gasteiger partial charge in [-0.25, -0.2) is 4.98 Å². The topological polar surface area (TPSA) is 51.4 Å². The molecule has 0 spiro atoms. The van der Waals surface area contributed by atoms with Gasteiger partial charge in [0.15, 0.2) is 0 Å². The minimum Gasteiger partial charge on any atom is -0.361 e. The van der Waals surface area contributed by atoms with Crippen LogP contribution in [0.2, 0.25) is 0 Å².